The summed E-state index contributed by atoms with van der Waals surface area (Å²) >= 11 is 1.36. The lowest BCUT2D eigenvalue weighted by atomic mass is 9.87. The van der Waals surface area contributed by atoms with E-state index in [0.29, 0.717) is 17.1 Å². The fraction of sp³-hybridized carbons (Fsp3) is 0.250. The van der Waals surface area contributed by atoms with Crippen LogP contribution in [-0.2, 0) is 15.1 Å². The van der Waals surface area contributed by atoms with Gasteiger partial charge in [0.25, 0.3) is 5.91 Å². The number of hydrogen-bond donors (Lipinski definition) is 2. The van der Waals surface area contributed by atoms with Crippen molar-refractivity contribution >= 4 is 34.3 Å². The zero-order valence-corrected chi connectivity index (χ0v) is 19.0. The molecule has 2 aromatic carbocycles. The lowest BCUT2D eigenvalue weighted by Gasteiger charge is -2.25. The molecule has 1 fully saturated rings. The minimum atomic E-state index is -1.16. The molecule has 1 atom stereocenters. The first-order chi connectivity index (χ1) is 15.3. The number of amides is 4. The van der Waals surface area contributed by atoms with Gasteiger partial charge in [-0.3, -0.25) is 14.5 Å². The Kier molecular flexibility index (Phi) is 5.80. The van der Waals surface area contributed by atoms with Gasteiger partial charge < -0.3 is 10.6 Å². The predicted octanol–water partition coefficient (Wildman–Crippen LogP) is 4.22. The molecule has 1 aliphatic rings. The molecule has 1 aliphatic heterocycles. The molecule has 4 amide bonds. The first-order valence-corrected chi connectivity index (χ1v) is 11.2. The molecule has 0 spiro atoms. The van der Waals surface area contributed by atoms with Crippen LogP contribution in [0.4, 0.5) is 9.93 Å². The number of anilines is 1. The van der Waals surface area contributed by atoms with E-state index < -0.39 is 23.4 Å². The summed E-state index contributed by atoms with van der Waals surface area (Å²) in [6.45, 7) is 5.41. The topological polar surface area (TPSA) is 91.4 Å². The van der Waals surface area contributed by atoms with Gasteiger partial charge in [-0.2, -0.15) is 0 Å². The number of urea groups is 1. The summed E-state index contributed by atoms with van der Waals surface area (Å²) in [4.78, 5) is 44.9. The maximum Gasteiger partial charge on any atom is 0.325 e. The first-order valence-electron chi connectivity index (χ1n) is 10.4. The number of hydrogen-bond acceptors (Lipinski definition) is 5. The van der Waals surface area contributed by atoms with Crippen LogP contribution >= 0.6 is 11.3 Å². The van der Waals surface area contributed by atoms with Crippen LogP contribution < -0.4 is 10.6 Å². The van der Waals surface area contributed by atoms with Gasteiger partial charge in [0.05, 0.1) is 5.69 Å². The Bertz CT molecular complexity index is 1170. The van der Waals surface area contributed by atoms with E-state index in [4.69, 9.17) is 0 Å². The molecule has 0 bridgehead atoms. The lowest BCUT2D eigenvalue weighted by Crippen LogP contribution is -2.44. The van der Waals surface area contributed by atoms with Gasteiger partial charge in [0.1, 0.15) is 12.1 Å². The van der Waals surface area contributed by atoms with Gasteiger partial charge in [-0.1, -0.05) is 67.1 Å². The number of carbonyl (C=O) groups is 3. The summed E-state index contributed by atoms with van der Waals surface area (Å²) in [7, 11) is 0. The van der Waals surface area contributed by atoms with Gasteiger partial charge in [0.15, 0.2) is 5.13 Å². The summed E-state index contributed by atoms with van der Waals surface area (Å²) in [5, 5.41) is 5.95. The normalized spacial score (nSPS) is 18.0. The quantitative estimate of drug-likeness (QED) is 0.552. The monoisotopic (exact) mass is 448 g/mol. The molecular formula is C24H24N4O3S. The predicted molar refractivity (Wildman–Crippen MR) is 124 cm³/mol. The fourth-order valence-corrected chi connectivity index (χ4v) is 4.72. The Balaban J connectivity index is 1.49. The molecule has 2 N–H and O–H groups in total. The van der Waals surface area contributed by atoms with Gasteiger partial charge in [0, 0.05) is 10.4 Å². The van der Waals surface area contributed by atoms with Gasteiger partial charge in [0.2, 0.25) is 5.91 Å². The van der Waals surface area contributed by atoms with E-state index in [1.165, 1.54) is 11.3 Å². The van der Waals surface area contributed by atoms with Gasteiger partial charge in [-0.05, 0) is 25.8 Å². The smallest absolute Gasteiger partial charge is 0.319 e. The molecule has 0 radical (unpaired) electrons. The Labute approximate surface area is 190 Å². The van der Waals surface area contributed by atoms with E-state index in [2.05, 4.69) is 15.6 Å². The fourth-order valence-electron chi connectivity index (χ4n) is 3.86. The van der Waals surface area contributed by atoms with Crippen molar-refractivity contribution in [3.8, 4) is 11.3 Å². The molecular weight excluding hydrogens is 424 g/mol. The van der Waals surface area contributed by atoms with Crippen LogP contribution in [0.1, 0.15) is 29.3 Å². The van der Waals surface area contributed by atoms with Crippen LogP contribution in [0.15, 0.2) is 54.6 Å². The van der Waals surface area contributed by atoms with Crippen LogP contribution in [0.2, 0.25) is 0 Å². The molecule has 1 saturated heterocycles. The highest BCUT2D eigenvalue weighted by atomic mass is 32.1. The van der Waals surface area contributed by atoms with E-state index in [9.17, 15) is 14.4 Å². The summed E-state index contributed by atoms with van der Waals surface area (Å²) in [5.41, 5.74) is 2.46. The highest BCUT2D eigenvalue weighted by Gasteiger charge is 2.51. The maximum absolute atomic E-state index is 13.2. The molecule has 3 aromatic rings. The van der Waals surface area contributed by atoms with Crippen LogP contribution in [0.5, 0.6) is 0 Å². The molecule has 164 valence electrons. The summed E-state index contributed by atoms with van der Waals surface area (Å²) < 4.78 is 0. The Morgan fingerprint density at radius 1 is 1.09 bits per heavy atom. The lowest BCUT2D eigenvalue weighted by molar-refractivity contribution is -0.134. The molecule has 1 aromatic heterocycles. The second kappa shape index (κ2) is 8.55. The van der Waals surface area contributed by atoms with Crippen molar-refractivity contribution in [1.29, 1.82) is 0 Å². The van der Waals surface area contributed by atoms with Gasteiger partial charge in [-0.25, -0.2) is 9.78 Å². The minimum absolute atomic E-state index is 0.377. The Morgan fingerprint density at radius 2 is 1.78 bits per heavy atom. The van der Waals surface area contributed by atoms with Crippen molar-refractivity contribution in [3.63, 3.8) is 0 Å². The molecule has 1 unspecified atom stereocenters. The molecule has 32 heavy (non-hydrogen) atoms. The average molecular weight is 449 g/mol. The van der Waals surface area contributed by atoms with Crippen molar-refractivity contribution in [1.82, 2.24) is 15.2 Å². The number of aryl methyl sites for hydroxylation is 2. The molecule has 0 saturated carbocycles. The minimum Gasteiger partial charge on any atom is -0.319 e. The number of rotatable bonds is 6. The van der Waals surface area contributed by atoms with E-state index in [1.54, 1.807) is 12.1 Å². The van der Waals surface area contributed by atoms with Crippen molar-refractivity contribution in [2.24, 2.45) is 0 Å². The highest BCUT2D eigenvalue weighted by molar-refractivity contribution is 7.16. The second-order valence-electron chi connectivity index (χ2n) is 7.78. The standard InChI is InChI=1S/C24H24N4O3S/c1-4-24(18-8-6-5-7-9-18)21(30)28(23(31)27-24)14-19(29)25-22-26-20(16(3)32-22)17-12-10-15(2)11-13-17/h5-13H,4,14H2,1-3H3,(H,27,31)(H,25,26,29). The van der Waals surface area contributed by atoms with Crippen LogP contribution in [0, 0.1) is 13.8 Å². The number of aromatic nitrogens is 1. The third kappa shape index (κ3) is 3.89. The zero-order valence-electron chi connectivity index (χ0n) is 18.1. The van der Waals surface area contributed by atoms with Gasteiger partial charge in [-0.15, -0.1) is 11.3 Å². The first kappa shape index (κ1) is 21.7. The number of imide groups is 1. The summed E-state index contributed by atoms with van der Waals surface area (Å²) in [6.07, 6.45) is 0.380. The molecule has 4 rings (SSSR count). The SMILES string of the molecule is CCC1(c2ccccc2)NC(=O)N(CC(=O)Nc2nc(-c3ccc(C)cc3)c(C)s2)C1=O. The third-order valence-corrected chi connectivity index (χ3v) is 6.53. The molecule has 7 nitrogen and oxygen atoms in total. The molecule has 0 aliphatic carbocycles. The Hall–Kier alpha value is -3.52. The van der Waals surface area contributed by atoms with E-state index in [0.717, 1.165) is 26.6 Å². The summed E-state index contributed by atoms with van der Waals surface area (Å²) in [5.74, 6) is -0.903. The second-order valence-corrected chi connectivity index (χ2v) is 8.99. The Morgan fingerprint density at radius 3 is 2.44 bits per heavy atom. The highest BCUT2D eigenvalue weighted by Crippen LogP contribution is 2.33. The molecule has 2 heterocycles. The van der Waals surface area contributed by atoms with Crippen molar-refractivity contribution in [2.45, 2.75) is 32.7 Å². The number of benzene rings is 2. The van der Waals surface area contributed by atoms with E-state index in [-0.39, 0.29) is 6.54 Å². The molecule has 8 heteroatoms. The number of nitrogens with zero attached hydrogens (tertiary/aromatic N) is 2. The van der Waals surface area contributed by atoms with Gasteiger partial charge >= 0.3 is 6.03 Å². The number of carbonyl (C=O) groups excluding carboxylic acids is 3. The number of nitrogens with one attached hydrogen (secondary N) is 2. The zero-order chi connectivity index (χ0) is 22.9. The largest absolute Gasteiger partial charge is 0.325 e. The van der Waals surface area contributed by atoms with Crippen LogP contribution in [0.3, 0.4) is 0 Å². The van der Waals surface area contributed by atoms with E-state index in [1.807, 2.05) is 63.2 Å². The van der Waals surface area contributed by atoms with Crippen LogP contribution in [-0.4, -0.2) is 34.3 Å². The van der Waals surface area contributed by atoms with Crippen LogP contribution in [0.25, 0.3) is 11.3 Å². The van der Waals surface area contributed by atoms with Crippen molar-refractivity contribution < 1.29 is 14.4 Å². The average Bonchev–Trinajstić information content (AvgIpc) is 3.27. The summed E-state index contributed by atoms with van der Waals surface area (Å²) in [6, 6.07) is 16.5. The number of thiazole rings is 1. The maximum atomic E-state index is 13.2. The van der Waals surface area contributed by atoms with E-state index >= 15 is 0 Å². The van der Waals surface area contributed by atoms with Crippen molar-refractivity contribution in [2.75, 3.05) is 11.9 Å². The van der Waals surface area contributed by atoms with Crippen molar-refractivity contribution in [3.05, 3.63) is 70.6 Å². The third-order valence-electron chi connectivity index (χ3n) is 5.64.